The van der Waals surface area contributed by atoms with Crippen LogP contribution in [0.3, 0.4) is 0 Å². The maximum absolute atomic E-state index is 9.30. The van der Waals surface area contributed by atoms with Gasteiger partial charge in [-0.25, -0.2) is 9.97 Å². The van der Waals surface area contributed by atoms with E-state index >= 15 is 0 Å². The van der Waals surface area contributed by atoms with Crippen LogP contribution < -0.4 is 10.6 Å². The summed E-state index contributed by atoms with van der Waals surface area (Å²) < 4.78 is 13.1. The number of rotatable bonds is 5. The third-order valence-electron chi connectivity index (χ3n) is 5.51. The van der Waals surface area contributed by atoms with Crippen LogP contribution in [0.1, 0.15) is 24.4 Å². The molecule has 0 spiro atoms. The Morgan fingerprint density at radius 2 is 2.23 bits per heavy atom. The van der Waals surface area contributed by atoms with Crippen molar-refractivity contribution in [2.75, 3.05) is 25.2 Å². The molecule has 2 aliphatic heterocycles. The van der Waals surface area contributed by atoms with Crippen LogP contribution in [-0.2, 0) is 15.9 Å². The van der Waals surface area contributed by atoms with Gasteiger partial charge in [-0.05, 0) is 31.5 Å². The molecule has 0 saturated carbocycles. The number of nitriles is 1. The first-order chi connectivity index (χ1) is 14.8. The molecule has 154 valence electrons. The predicted molar refractivity (Wildman–Crippen MR) is 110 cm³/mol. The predicted octanol–water partition coefficient (Wildman–Crippen LogP) is 1.59. The highest BCUT2D eigenvalue weighted by molar-refractivity contribution is 5.73. The summed E-state index contributed by atoms with van der Waals surface area (Å²) in [4.78, 5) is 13.7. The Morgan fingerprint density at radius 3 is 3.10 bits per heavy atom. The van der Waals surface area contributed by atoms with Gasteiger partial charge in [0.15, 0.2) is 0 Å². The Labute approximate surface area is 174 Å². The minimum Gasteiger partial charge on any atom is -0.350 e. The van der Waals surface area contributed by atoms with Crippen LogP contribution in [0, 0.1) is 11.3 Å². The third kappa shape index (κ3) is 3.73. The fourth-order valence-electron chi connectivity index (χ4n) is 4.03. The van der Waals surface area contributed by atoms with Gasteiger partial charge in [-0.1, -0.05) is 12.2 Å². The van der Waals surface area contributed by atoms with Crippen molar-refractivity contribution in [2.45, 2.75) is 37.5 Å². The van der Waals surface area contributed by atoms with E-state index in [0.29, 0.717) is 17.8 Å². The Hall–Kier alpha value is -3.06. The fraction of sp³-hybridized carbons (Fsp3) is 0.429. The van der Waals surface area contributed by atoms with Crippen molar-refractivity contribution < 1.29 is 9.47 Å². The van der Waals surface area contributed by atoms with E-state index < -0.39 is 0 Å². The number of nitrogens with one attached hydrogen (secondary N) is 2. The van der Waals surface area contributed by atoms with Gasteiger partial charge in [0, 0.05) is 24.4 Å². The molecule has 3 atom stereocenters. The Balaban J connectivity index is 1.49. The molecule has 2 fully saturated rings. The summed E-state index contributed by atoms with van der Waals surface area (Å²) in [7, 11) is 0. The van der Waals surface area contributed by atoms with Gasteiger partial charge in [0.05, 0.1) is 24.4 Å². The summed E-state index contributed by atoms with van der Waals surface area (Å²) in [6.45, 7) is 2.23. The smallest absolute Gasteiger partial charge is 0.224 e. The molecule has 9 nitrogen and oxygen atoms in total. The minimum absolute atomic E-state index is 0.0605. The second-order valence-corrected chi connectivity index (χ2v) is 7.53. The average Bonchev–Trinajstić information content (AvgIpc) is 3.41. The Morgan fingerprint density at radius 1 is 1.30 bits per heavy atom. The van der Waals surface area contributed by atoms with Gasteiger partial charge in [-0.3, -0.25) is 4.57 Å². The molecule has 2 saturated heterocycles. The molecule has 9 heteroatoms. The van der Waals surface area contributed by atoms with Gasteiger partial charge in [0.25, 0.3) is 0 Å². The molecule has 2 unspecified atom stereocenters. The van der Waals surface area contributed by atoms with Gasteiger partial charge in [-0.2, -0.15) is 10.2 Å². The number of allylic oxidation sites excluding steroid dienone is 2. The molecule has 5 rings (SSSR count). The van der Waals surface area contributed by atoms with Gasteiger partial charge in [-0.15, -0.1) is 0 Å². The third-order valence-corrected chi connectivity index (χ3v) is 5.51. The van der Waals surface area contributed by atoms with Crippen LogP contribution in [0.25, 0.3) is 11.4 Å². The molecule has 2 aromatic heterocycles. The van der Waals surface area contributed by atoms with Crippen LogP contribution in [0.5, 0.6) is 0 Å². The first-order valence-electron chi connectivity index (χ1n) is 10.2. The maximum Gasteiger partial charge on any atom is 0.224 e. The summed E-state index contributed by atoms with van der Waals surface area (Å²) in [5.74, 6) is 1.97. The van der Waals surface area contributed by atoms with Crippen LogP contribution >= 0.6 is 0 Å². The zero-order valence-electron chi connectivity index (χ0n) is 16.5. The van der Waals surface area contributed by atoms with E-state index in [4.69, 9.17) is 14.5 Å². The highest BCUT2D eigenvalue weighted by Crippen LogP contribution is 2.29. The number of fused-ring (bicyclic) bond motifs is 1. The summed E-state index contributed by atoms with van der Waals surface area (Å²) in [6, 6.07) is 4.35. The second-order valence-electron chi connectivity index (χ2n) is 7.53. The van der Waals surface area contributed by atoms with E-state index in [1.807, 2.05) is 28.9 Å². The first kappa shape index (κ1) is 18.9. The highest BCUT2D eigenvalue weighted by Gasteiger charge is 2.29. The summed E-state index contributed by atoms with van der Waals surface area (Å²) in [6.07, 6.45) is 11.7. The van der Waals surface area contributed by atoms with Crippen molar-refractivity contribution in [2.24, 2.45) is 0 Å². The fourth-order valence-corrected chi connectivity index (χ4v) is 4.03. The molecule has 0 radical (unpaired) electrons. The van der Waals surface area contributed by atoms with Crippen molar-refractivity contribution >= 4 is 11.5 Å². The van der Waals surface area contributed by atoms with E-state index in [1.165, 1.54) is 0 Å². The highest BCUT2D eigenvalue weighted by atomic mass is 16.7. The van der Waals surface area contributed by atoms with Crippen molar-refractivity contribution in [3.8, 4) is 11.9 Å². The lowest BCUT2D eigenvalue weighted by Crippen LogP contribution is -2.38. The van der Waals surface area contributed by atoms with Gasteiger partial charge < -0.3 is 20.1 Å². The number of anilines is 1. The number of aromatic nitrogens is 4. The monoisotopic (exact) mass is 405 g/mol. The van der Waals surface area contributed by atoms with E-state index in [0.717, 1.165) is 43.0 Å². The molecule has 0 bridgehead atoms. The van der Waals surface area contributed by atoms with Crippen LogP contribution in [0.2, 0.25) is 0 Å². The van der Waals surface area contributed by atoms with Gasteiger partial charge in [0.2, 0.25) is 5.95 Å². The molecule has 0 amide bonds. The number of hydrogen-bond donors (Lipinski definition) is 2. The van der Waals surface area contributed by atoms with Crippen molar-refractivity contribution in [3.05, 3.63) is 48.2 Å². The van der Waals surface area contributed by atoms with Crippen molar-refractivity contribution in [1.29, 1.82) is 5.26 Å². The van der Waals surface area contributed by atoms with Crippen LogP contribution in [0.4, 0.5) is 5.95 Å². The lowest BCUT2D eigenvalue weighted by atomic mass is 10.0. The molecule has 4 heterocycles. The maximum atomic E-state index is 9.30. The number of nitrogens with zero attached hydrogens (tertiary/aromatic N) is 5. The van der Waals surface area contributed by atoms with Crippen LogP contribution in [0.15, 0.2) is 36.7 Å². The quantitative estimate of drug-likeness (QED) is 0.772. The van der Waals surface area contributed by atoms with Crippen LogP contribution in [-0.4, -0.2) is 57.7 Å². The number of imidazole rings is 1. The number of ether oxygens (including phenoxy) is 2. The Kier molecular flexibility index (Phi) is 5.27. The first-order valence-corrected chi connectivity index (χ1v) is 10.2. The molecular formula is C21H23N7O2. The van der Waals surface area contributed by atoms with E-state index in [-0.39, 0.29) is 25.4 Å². The summed E-state index contributed by atoms with van der Waals surface area (Å²) >= 11 is 0. The lowest BCUT2D eigenvalue weighted by molar-refractivity contribution is 0.0504. The van der Waals surface area contributed by atoms with Gasteiger partial charge in [0.1, 0.15) is 30.6 Å². The second kappa shape index (κ2) is 8.36. The summed E-state index contributed by atoms with van der Waals surface area (Å²) in [5, 5.41) is 16.1. The lowest BCUT2D eigenvalue weighted by Gasteiger charge is -2.24. The van der Waals surface area contributed by atoms with E-state index in [9.17, 15) is 5.26 Å². The number of piperidine rings is 1. The molecule has 1 aliphatic carbocycles. The van der Waals surface area contributed by atoms with Crippen molar-refractivity contribution in [3.63, 3.8) is 0 Å². The molecule has 2 N–H and O–H groups in total. The largest absolute Gasteiger partial charge is 0.350 e. The Bertz CT molecular complexity index is 1020. The average molecular weight is 405 g/mol. The molecule has 0 aromatic carbocycles. The topological polar surface area (TPSA) is 110 Å². The SMILES string of the molecule is N#CCc1cnc(C2=CC3OCOC3C=C2)n1-c1ccnc(N[C@H]2CCCNC2)n1. The van der Waals surface area contributed by atoms with E-state index in [1.54, 1.807) is 12.4 Å². The normalized spacial score (nSPS) is 25.4. The van der Waals surface area contributed by atoms with Gasteiger partial charge >= 0.3 is 0 Å². The van der Waals surface area contributed by atoms with Crippen molar-refractivity contribution in [1.82, 2.24) is 24.8 Å². The minimum atomic E-state index is -0.129. The molecule has 3 aliphatic rings. The molecular weight excluding hydrogens is 382 g/mol. The van der Waals surface area contributed by atoms with E-state index in [2.05, 4.69) is 26.7 Å². The zero-order valence-corrected chi connectivity index (χ0v) is 16.5. The summed E-state index contributed by atoms with van der Waals surface area (Å²) in [5.41, 5.74) is 1.69. The number of hydrogen-bond acceptors (Lipinski definition) is 8. The standard InChI is InChI=1S/C21H23N7O2/c22-7-5-16-12-25-20(14-3-4-17-18(10-14)30-13-29-17)28(16)19-6-9-24-21(27-19)26-15-2-1-8-23-11-15/h3-4,6,9-10,12,15,17-18,23H,1-2,5,8,11,13H2,(H,24,26,27)/t15-,17?,18?/m0/s1. The zero-order chi connectivity index (χ0) is 20.3. The molecule has 30 heavy (non-hydrogen) atoms. The molecule has 2 aromatic rings.